The number of nitrogens with two attached hydrogens (primary N) is 1. The molecule has 1 aliphatic rings. The molecular weight excluding hydrogens is 244 g/mol. The zero-order chi connectivity index (χ0) is 13.1. The molecule has 3 nitrogen and oxygen atoms in total. The highest BCUT2D eigenvalue weighted by atomic mass is 32.1. The normalized spacial score (nSPS) is 23.6. The number of hydrogen-bond acceptors (Lipinski definition) is 3. The Morgan fingerprint density at radius 3 is 2.28 bits per heavy atom. The van der Waals surface area contributed by atoms with Gasteiger partial charge in [0.2, 0.25) is 5.91 Å². The van der Waals surface area contributed by atoms with E-state index in [0.717, 1.165) is 36.1 Å². The lowest BCUT2D eigenvalue weighted by molar-refractivity contribution is -0.122. The van der Waals surface area contributed by atoms with E-state index in [1.54, 1.807) is 0 Å². The summed E-state index contributed by atoms with van der Waals surface area (Å²) >= 11 is 4.39. The third-order valence-corrected chi connectivity index (χ3v) is 4.12. The van der Waals surface area contributed by atoms with Gasteiger partial charge in [0.05, 0.1) is 0 Å². The molecule has 0 spiro atoms. The van der Waals surface area contributed by atoms with Crippen molar-refractivity contribution >= 4 is 24.2 Å². The monoisotopic (exact) mass is 262 g/mol. The van der Waals surface area contributed by atoms with Crippen LogP contribution in [0.4, 0.5) is 0 Å². The summed E-state index contributed by atoms with van der Waals surface area (Å²) in [7, 11) is 0. The van der Waals surface area contributed by atoms with Gasteiger partial charge in [0.25, 0.3) is 0 Å². The minimum Gasteiger partial charge on any atom is -0.369 e. The molecule has 2 rings (SSSR count). The van der Waals surface area contributed by atoms with Crippen molar-refractivity contribution in [3.63, 3.8) is 0 Å². The van der Waals surface area contributed by atoms with Crippen LogP contribution in [-0.2, 0) is 4.79 Å². The van der Waals surface area contributed by atoms with Crippen LogP contribution in [0.25, 0.3) is 0 Å². The van der Waals surface area contributed by atoms with Crippen molar-refractivity contribution in [2.24, 2.45) is 17.6 Å². The number of amides is 1. The second-order valence-corrected chi connectivity index (χ2v) is 5.36. The van der Waals surface area contributed by atoms with Crippen LogP contribution in [0.15, 0.2) is 29.2 Å². The summed E-state index contributed by atoms with van der Waals surface area (Å²) in [5.41, 5.74) is 6.87. The van der Waals surface area contributed by atoms with Crippen molar-refractivity contribution in [3.8, 4) is 0 Å². The lowest BCUT2D eigenvalue weighted by Crippen LogP contribution is -2.30. The second-order valence-electron chi connectivity index (χ2n) is 4.88. The maximum Gasteiger partial charge on any atom is 0.220 e. The van der Waals surface area contributed by atoms with Crippen LogP contribution in [-0.4, -0.2) is 11.6 Å². The number of carbonyl (C=O) groups excluding carboxylic acids is 1. The molecule has 0 aliphatic heterocycles. The van der Waals surface area contributed by atoms with E-state index in [1.807, 2.05) is 24.3 Å². The Kier molecular flexibility index (Phi) is 4.07. The van der Waals surface area contributed by atoms with E-state index >= 15 is 0 Å². The highest BCUT2D eigenvalue weighted by Crippen LogP contribution is 2.31. The topological polar surface area (TPSA) is 66.9 Å². The maximum absolute atomic E-state index is 11.1. The van der Waals surface area contributed by atoms with Gasteiger partial charge in [0, 0.05) is 28.0 Å². The van der Waals surface area contributed by atoms with Gasteiger partial charge in [-0.15, -0.1) is 12.6 Å². The molecule has 0 radical (unpaired) electrons. The number of hydrogen-bond donors (Lipinski definition) is 3. The van der Waals surface area contributed by atoms with Crippen molar-refractivity contribution in [1.82, 2.24) is 0 Å². The van der Waals surface area contributed by atoms with Crippen molar-refractivity contribution < 1.29 is 4.79 Å². The van der Waals surface area contributed by atoms with E-state index in [9.17, 15) is 4.79 Å². The molecule has 96 valence electrons. The SMILES string of the molecule is N=C(c1ccccc1S)C1CCC(C(N)=O)CC1. The first-order chi connectivity index (χ1) is 8.59. The molecule has 0 aromatic heterocycles. The first-order valence-corrected chi connectivity index (χ1v) is 6.70. The van der Waals surface area contributed by atoms with E-state index in [-0.39, 0.29) is 17.7 Å². The number of rotatable bonds is 3. The summed E-state index contributed by atoms with van der Waals surface area (Å²) in [6, 6.07) is 7.69. The molecule has 0 bridgehead atoms. The van der Waals surface area contributed by atoms with Gasteiger partial charge in [-0.1, -0.05) is 18.2 Å². The number of nitrogens with one attached hydrogen (secondary N) is 1. The summed E-state index contributed by atoms with van der Waals surface area (Å²) in [6.07, 6.45) is 3.34. The first kappa shape index (κ1) is 13.1. The predicted octanol–water partition coefficient (Wildman–Crippen LogP) is 2.63. The van der Waals surface area contributed by atoms with Gasteiger partial charge >= 0.3 is 0 Å². The largest absolute Gasteiger partial charge is 0.369 e. The van der Waals surface area contributed by atoms with Crippen molar-refractivity contribution in [1.29, 1.82) is 5.41 Å². The smallest absolute Gasteiger partial charge is 0.220 e. The van der Waals surface area contributed by atoms with E-state index in [0.29, 0.717) is 5.71 Å². The fourth-order valence-corrected chi connectivity index (χ4v) is 2.87. The lowest BCUT2D eigenvalue weighted by atomic mass is 9.78. The fourth-order valence-electron chi connectivity index (χ4n) is 2.59. The Hall–Kier alpha value is -1.29. The Bertz CT molecular complexity index is 465. The minimum absolute atomic E-state index is 0.000273. The lowest BCUT2D eigenvalue weighted by Gasteiger charge is -2.27. The van der Waals surface area contributed by atoms with Crippen LogP contribution < -0.4 is 5.73 Å². The average molecular weight is 262 g/mol. The average Bonchev–Trinajstić information content (AvgIpc) is 2.38. The van der Waals surface area contributed by atoms with Crippen molar-refractivity contribution in [2.45, 2.75) is 30.6 Å². The van der Waals surface area contributed by atoms with Gasteiger partial charge in [-0.2, -0.15) is 0 Å². The third kappa shape index (κ3) is 2.75. The number of thiol groups is 1. The Labute approximate surface area is 113 Å². The van der Waals surface area contributed by atoms with Gasteiger partial charge in [0.15, 0.2) is 0 Å². The van der Waals surface area contributed by atoms with Crippen LogP contribution in [0, 0.1) is 17.2 Å². The van der Waals surface area contributed by atoms with Gasteiger partial charge in [-0.05, 0) is 31.7 Å². The van der Waals surface area contributed by atoms with Crippen LogP contribution in [0.5, 0.6) is 0 Å². The maximum atomic E-state index is 11.1. The van der Waals surface area contributed by atoms with Gasteiger partial charge in [-0.3, -0.25) is 4.79 Å². The van der Waals surface area contributed by atoms with Crippen LogP contribution in [0.3, 0.4) is 0 Å². The zero-order valence-corrected chi connectivity index (χ0v) is 11.1. The first-order valence-electron chi connectivity index (χ1n) is 6.25. The van der Waals surface area contributed by atoms with Gasteiger partial charge < -0.3 is 11.1 Å². The van der Waals surface area contributed by atoms with Crippen molar-refractivity contribution in [3.05, 3.63) is 29.8 Å². The van der Waals surface area contributed by atoms with E-state index in [4.69, 9.17) is 11.1 Å². The molecule has 4 heteroatoms. The Balaban J connectivity index is 2.04. The molecule has 1 fully saturated rings. The molecule has 3 N–H and O–H groups in total. The summed E-state index contributed by atoms with van der Waals surface area (Å²) in [5.74, 6) is 0.0313. The molecule has 1 aliphatic carbocycles. The summed E-state index contributed by atoms with van der Waals surface area (Å²) in [4.78, 5) is 12.0. The van der Waals surface area contributed by atoms with Gasteiger partial charge in [-0.25, -0.2) is 0 Å². The summed E-state index contributed by atoms with van der Waals surface area (Å²) in [6.45, 7) is 0. The van der Waals surface area contributed by atoms with Crippen LogP contribution in [0.1, 0.15) is 31.2 Å². The Morgan fingerprint density at radius 1 is 1.17 bits per heavy atom. The van der Waals surface area contributed by atoms with E-state index in [1.165, 1.54) is 0 Å². The summed E-state index contributed by atoms with van der Waals surface area (Å²) in [5, 5.41) is 8.27. The number of carbonyl (C=O) groups is 1. The molecule has 18 heavy (non-hydrogen) atoms. The Morgan fingerprint density at radius 2 is 1.72 bits per heavy atom. The standard InChI is InChI=1S/C14H18N2OS/c15-13(11-3-1-2-4-12(11)18)9-5-7-10(8-6-9)14(16)17/h1-4,9-10,15,18H,5-8H2,(H2,16,17). The molecule has 1 saturated carbocycles. The fraction of sp³-hybridized carbons (Fsp3) is 0.429. The molecule has 0 heterocycles. The zero-order valence-electron chi connectivity index (χ0n) is 10.2. The molecule has 1 aromatic carbocycles. The molecule has 0 atom stereocenters. The van der Waals surface area contributed by atoms with Crippen LogP contribution >= 0.6 is 12.6 Å². The highest BCUT2D eigenvalue weighted by Gasteiger charge is 2.27. The number of benzene rings is 1. The molecule has 0 unspecified atom stereocenters. The molecule has 1 aromatic rings. The quantitative estimate of drug-likeness (QED) is 0.569. The van der Waals surface area contributed by atoms with Crippen LogP contribution in [0.2, 0.25) is 0 Å². The van der Waals surface area contributed by atoms with Gasteiger partial charge in [0.1, 0.15) is 0 Å². The highest BCUT2D eigenvalue weighted by molar-refractivity contribution is 7.80. The molecule has 1 amide bonds. The van der Waals surface area contributed by atoms with Crippen molar-refractivity contribution in [2.75, 3.05) is 0 Å². The molecular formula is C14H18N2OS. The third-order valence-electron chi connectivity index (χ3n) is 3.73. The predicted molar refractivity (Wildman–Crippen MR) is 75.2 cm³/mol. The van der Waals surface area contributed by atoms with E-state index in [2.05, 4.69) is 12.6 Å². The minimum atomic E-state index is -0.199. The second kappa shape index (κ2) is 5.57. The van der Waals surface area contributed by atoms with E-state index < -0.39 is 0 Å². The summed E-state index contributed by atoms with van der Waals surface area (Å²) < 4.78 is 0. The number of primary amides is 1. The molecule has 0 saturated heterocycles.